The topological polar surface area (TPSA) is 92.8 Å². The van der Waals surface area contributed by atoms with E-state index in [1.54, 1.807) is 68.4 Å². The zero-order valence-corrected chi connectivity index (χ0v) is 19.8. The van der Waals surface area contributed by atoms with Crippen LogP contribution in [-0.4, -0.2) is 33.9 Å². The fourth-order valence-electron chi connectivity index (χ4n) is 3.33. The molecule has 8 heteroatoms. The third-order valence-corrected chi connectivity index (χ3v) is 7.03. The number of ether oxygens (including phenoxy) is 1. The summed E-state index contributed by atoms with van der Waals surface area (Å²) < 4.78 is 32.5. The maximum atomic E-state index is 13.2. The Labute approximate surface area is 194 Å². The van der Waals surface area contributed by atoms with E-state index in [0.29, 0.717) is 16.8 Å². The number of hydrogen-bond donors (Lipinski definition) is 1. The molecule has 1 amide bonds. The first-order valence-electron chi connectivity index (χ1n) is 10.4. The SMILES string of the molecule is CCOC(=O)c1cccc(NC(=O)c2ccccc2N(C)S(=O)(=O)c2ccc(C)cc2)c1C. The average molecular weight is 467 g/mol. The molecular formula is C25H26N2O5S. The molecule has 1 N–H and O–H groups in total. The van der Waals surface area contributed by atoms with E-state index in [1.807, 2.05) is 6.92 Å². The highest BCUT2D eigenvalue weighted by Gasteiger charge is 2.25. The number of rotatable bonds is 7. The number of benzene rings is 3. The molecule has 0 aliphatic heterocycles. The van der Waals surface area contributed by atoms with Crippen molar-refractivity contribution in [1.29, 1.82) is 0 Å². The Morgan fingerprint density at radius 1 is 0.909 bits per heavy atom. The zero-order valence-electron chi connectivity index (χ0n) is 19.0. The summed E-state index contributed by atoms with van der Waals surface area (Å²) in [6.45, 7) is 5.54. The van der Waals surface area contributed by atoms with Crippen LogP contribution in [0.4, 0.5) is 11.4 Å². The lowest BCUT2D eigenvalue weighted by atomic mass is 10.1. The number of esters is 1. The maximum Gasteiger partial charge on any atom is 0.338 e. The molecule has 0 aliphatic carbocycles. The van der Waals surface area contributed by atoms with E-state index in [0.717, 1.165) is 9.87 Å². The van der Waals surface area contributed by atoms with Crippen LogP contribution in [0.1, 0.15) is 38.8 Å². The molecule has 3 aromatic carbocycles. The van der Waals surface area contributed by atoms with Crippen LogP contribution in [-0.2, 0) is 14.8 Å². The van der Waals surface area contributed by atoms with Crippen molar-refractivity contribution in [2.24, 2.45) is 0 Å². The first-order valence-corrected chi connectivity index (χ1v) is 11.8. The van der Waals surface area contributed by atoms with Crippen LogP contribution in [0.25, 0.3) is 0 Å². The molecule has 0 spiro atoms. The van der Waals surface area contributed by atoms with E-state index >= 15 is 0 Å². The van der Waals surface area contributed by atoms with Gasteiger partial charge in [0.25, 0.3) is 15.9 Å². The molecule has 7 nitrogen and oxygen atoms in total. The minimum absolute atomic E-state index is 0.129. The van der Waals surface area contributed by atoms with Crippen LogP contribution < -0.4 is 9.62 Å². The Hall–Kier alpha value is -3.65. The zero-order chi connectivity index (χ0) is 24.2. The van der Waals surface area contributed by atoms with Crippen LogP contribution in [0.5, 0.6) is 0 Å². The smallest absolute Gasteiger partial charge is 0.338 e. The fourth-order valence-corrected chi connectivity index (χ4v) is 4.54. The number of sulfonamides is 1. The van der Waals surface area contributed by atoms with E-state index in [4.69, 9.17) is 4.74 Å². The summed E-state index contributed by atoms with van der Waals surface area (Å²) in [5.74, 6) is -0.976. The van der Waals surface area contributed by atoms with Gasteiger partial charge in [-0.25, -0.2) is 13.2 Å². The second kappa shape index (κ2) is 9.87. The highest BCUT2D eigenvalue weighted by Crippen LogP contribution is 2.27. The second-order valence-electron chi connectivity index (χ2n) is 7.46. The lowest BCUT2D eigenvalue weighted by Crippen LogP contribution is -2.29. The van der Waals surface area contributed by atoms with Crippen molar-refractivity contribution < 1.29 is 22.7 Å². The van der Waals surface area contributed by atoms with E-state index < -0.39 is 21.9 Å². The van der Waals surface area contributed by atoms with Crippen molar-refractivity contribution in [2.45, 2.75) is 25.7 Å². The summed E-state index contributed by atoms with van der Waals surface area (Å²) in [6, 6.07) is 17.9. The summed E-state index contributed by atoms with van der Waals surface area (Å²) in [6.07, 6.45) is 0. The fraction of sp³-hybridized carbons (Fsp3) is 0.200. The average Bonchev–Trinajstić information content (AvgIpc) is 2.80. The molecule has 3 aromatic rings. The molecule has 0 atom stereocenters. The molecule has 0 saturated carbocycles. The Balaban J connectivity index is 1.94. The van der Waals surface area contributed by atoms with E-state index in [1.165, 1.54) is 19.2 Å². The summed E-state index contributed by atoms with van der Waals surface area (Å²) in [4.78, 5) is 25.5. The number of carbonyl (C=O) groups excluding carboxylic acids is 2. The number of para-hydroxylation sites is 1. The largest absolute Gasteiger partial charge is 0.462 e. The minimum Gasteiger partial charge on any atom is -0.462 e. The van der Waals surface area contributed by atoms with Crippen molar-refractivity contribution in [3.63, 3.8) is 0 Å². The van der Waals surface area contributed by atoms with Crippen LogP contribution in [0.3, 0.4) is 0 Å². The van der Waals surface area contributed by atoms with Crippen molar-refractivity contribution in [2.75, 3.05) is 23.3 Å². The Morgan fingerprint density at radius 3 is 2.21 bits per heavy atom. The molecule has 0 heterocycles. The molecule has 0 fully saturated rings. The molecule has 0 aromatic heterocycles. The van der Waals surface area contributed by atoms with Crippen LogP contribution in [0.15, 0.2) is 71.6 Å². The first kappa shape index (κ1) is 24.0. The van der Waals surface area contributed by atoms with Gasteiger partial charge in [-0.15, -0.1) is 0 Å². The van der Waals surface area contributed by atoms with Gasteiger partial charge in [-0.1, -0.05) is 35.9 Å². The molecule has 172 valence electrons. The second-order valence-corrected chi connectivity index (χ2v) is 9.42. The Morgan fingerprint density at radius 2 is 1.55 bits per heavy atom. The van der Waals surface area contributed by atoms with Crippen molar-refractivity contribution in [1.82, 2.24) is 0 Å². The maximum absolute atomic E-state index is 13.2. The standard InChI is InChI=1S/C25H26N2O5S/c1-5-32-25(29)20-10-8-11-22(18(20)3)26-24(28)21-9-6-7-12-23(21)27(4)33(30,31)19-15-13-17(2)14-16-19/h6-16H,5H2,1-4H3,(H,26,28). The third-order valence-electron chi connectivity index (χ3n) is 5.24. The Bertz CT molecular complexity index is 1280. The predicted molar refractivity (Wildman–Crippen MR) is 128 cm³/mol. The van der Waals surface area contributed by atoms with Crippen molar-refractivity contribution >= 4 is 33.3 Å². The van der Waals surface area contributed by atoms with Crippen molar-refractivity contribution in [3.05, 3.63) is 89.0 Å². The molecular weight excluding hydrogens is 440 g/mol. The number of carbonyl (C=O) groups is 2. The van der Waals surface area contributed by atoms with Gasteiger partial charge < -0.3 is 10.1 Å². The lowest BCUT2D eigenvalue weighted by Gasteiger charge is -2.22. The van der Waals surface area contributed by atoms with Crippen LogP contribution >= 0.6 is 0 Å². The number of nitrogens with one attached hydrogen (secondary N) is 1. The molecule has 0 unspecified atom stereocenters. The number of aryl methyl sites for hydroxylation is 1. The van der Waals surface area contributed by atoms with Gasteiger partial charge in [0.1, 0.15) is 0 Å². The van der Waals surface area contributed by atoms with Gasteiger partial charge >= 0.3 is 5.97 Å². The van der Waals surface area contributed by atoms with E-state index in [2.05, 4.69) is 5.32 Å². The highest BCUT2D eigenvalue weighted by molar-refractivity contribution is 7.92. The van der Waals surface area contributed by atoms with Gasteiger partial charge in [-0.2, -0.15) is 0 Å². The molecule has 3 rings (SSSR count). The monoisotopic (exact) mass is 466 g/mol. The molecule has 0 bridgehead atoms. The van der Waals surface area contributed by atoms with Gasteiger partial charge in [0.2, 0.25) is 0 Å². The normalized spacial score (nSPS) is 11.0. The summed E-state index contributed by atoms with van der Waals surface area (Å²) >= 11 is 0. The van der Waals surface area contributed by atoms with Gasteiger partial charge in [0.05, 0.1) is 28.3 Å². The van der Waals surface area contributed by atoms with Crippen molar-refractivity contribution in [3.8, 4) is 0 Å². The van der Waals surface area contributed by atoms with E-state index in [9.17, 15) is 18.0 Å². The van der Waals surface area contributed by atoms with Gasteiger partial charge in [-0.3, -0.25) is 9.10 Å². The number of anilines is 2. The molecule has 0 radical (unpaired) electrons. The van der Waals surface area contributed by atoms with Crippen LogP contribution in [0.2, 0.25) is 0 Å². The van der Waals surface area contributed by atoms with Gasteiger partial charge in [0, 0.05) is 12.7 Å². The molecule has 0 saturated heterocycles. The van der Waals surface area contributed by atoms with Gasteiger partial charge in [0.15, 0.2) is 0 Å². The first-order chi connectivity index (χ1) is 15.7. The summed E-state index contributed by atoms with van der Waals surface area (Å²) in [5.41, 5.74) is 2.69. The van der Waals surface area contributed by atoms with Gasteiger partial charge in [-0.05, 0) is 62.7 Å². The molecule has 0 aliphatic rings. The number of hydrogen-bond acceptors (Lipinski definition) is 5. The Kier molecular flexibility index (Phi) is 7.18. The summed E-state index contributed by atoms with van der Waals surface area (Å²) in [5, 5.41) is 2.79. The quantitative estimate of drug-likeness (QED) is 0.516. The summed E-state index contributed by atoms with van der Waals surface area (Å²) in [7, 11) is -2.47. The minimum atomic E-state index is -3.88. The van der Waals surface area contributed by atoms with E-state index in [-0.39, 0.29) is 22.8 Å². The highest BCUT2D eigenvalue weighted by atomic mass is 32.2. The number of amides is 1. The predicted octanol–water partition coefficient (Wildman–Crippen LogP) is 4.56. The number of nitrogens with zero attached hydrogens (tertiary/aromatic N) is 1. The van der Waals surface area contributed by atoms with Crippen LogP contribution in [0, 0.1) is 13.8 Å². The third kappa shape index (κ3) is 5.06. The lowest BCUT2D eigenvalue weighted by molar-refractivity contribution is 0.0525. The molecule has 33 heavy (non-hydrogen) atoms.